The molecule has 2 aromatic rings. The van der Waals surface area contributed by atoms with Crippen LogP contribution in [-0.2, 0) is 12.0 Å². The van der Waals surface area contributed by atoms with Crippen LogP contribution in [-0.4, -0.2) is 37.7 Å². The first-order valence-electron chi connectivity index (χ1n) is 11.4. The summed E-state index contributed by atoms with van der Waals surface area (Å²) < 4.78 is 5.56. The molecular formula is C26H36N2O. The van der Waals surface area contributed by atoms with Crippen molar-refractivity contribution in [3.8, 4) is 5.75 Å². The molecule has 0 aromatic heterocycles. The van der Waals surface area contributed by atoms with Crippen molar-refractivity contribution in [2.24, 2.45) is 0 Å². The van der Waals surface area contributed by atoms with Gasteiger partial charge in [0.15, 0.2) is 0 Å². The quantitative estimate of drug-likeness (QED) is 0.705. The molecule has 0 amide bonds. The number of likely N-dealkylation sites (tertiary alicyclic amines) is 1. The number of methoxy groups -OCH3 is 1. The number of benzene rings is 2. The molecular weight excluding hydrogens is 356 g/mol. The molecule has 156 valence electrons. The third-order valence-corrected chi connectivity index (χ3v) is 7.04. The molecule has 29 heavy (non-hydrogen) atoms. The average molecular weight is 393 g/mol. The number of hydrogen-bond donors (Lipinski definition) is 1. The lowest BCUT2D eigenvalue weighted by Gasteiger charge is -2.45. The zero-order chi connectivity index (χ0) is 19.9. The Balaban J connectivity index is 1.45. The third-order valence-electron chi connectivity index (χ3n) is 7.04. The summed E-state index contributed by atoms with van der Waals surface area (Å²) in [4.78, 5) is 2.72. The minimum absolute atomic E-state index is 0.261. The molecule has 3 heteroatoms. The van der Waals surface area contributed by atoms with Crippen molar-refractivity contribution in [1.29, 1.82) is 0 Å². The molecule has 1 aliphatic heterocycles. The number of ether oxygens (including phenoxy) is 1. The van der Waals surface area contributed by atoms with Gasteiger partial charge in [-0.1, -0.05) is 48.9 Å². The van der Waals surface area contributed by atoms with Crippen LogP contribution in [0.15, 0.2) is 54.6 Å². The first-order valence-corrected chi connectivity index (χ1v) is 11.4. The molecule has 0 bridgehead atoms. The Hall–Kier alpha value is -1.84. The van der Waals surface area contributed by atoms with Gasteiger partial charge >= 0.3 is 0 Å². The molecule has 0 unspecified atom stereocenters. The Morgan fingerprint density at radius 1 is 0.966 bits per heavy atom. The van der Waals surface area contributed by atoms with Crippen LogP contribution in [0.1, 0.15) is 56.1 Å². The summed E-state index contributed by atoms with van der Waals surface area (Å²) in [6.45, 7) is 4.71. The first-order chi connectivity index (χ1) is 14.3. The van der Waals surface area contributed by atoms with Crippen molar-refractivity contribution in [1.82, 2.24) is 10.2 Å². The van der Waals surface area contributed by atoms with Gasteiger partial charge in [-0.25, -0.2) is 0 Å². The van der Waals surface area contributed by atoms with Crippen LogP contribution >= 0.6 is 0 Å². The Morgan fingerprint density at radius 2 is 1.72 bits per heavy atom. The van der Waals surface area contributed by atoms with Crippen LogP contribution in [0.2, 0.25) is 0 Å². The van der Waals surface area contributed by atoms with E-state index in [2.05, 4.69) is 64.8 Å². The summed E-state index contributed by atoms with van der Waals surface area (Å²) in [7, 11) is 1.78. The van der Waals surface area contributed by atoms with Crippen molar-refractivity contribution in [2.45, 2.75) is 62.9 Å². The van der Waals surface area contributed by atoms with Crippen LogP contribution in [0, 0.1) is 0 Å². The summed E-state index contributed by atoms with van der Waals surface area (Å²) in [5, 5.41) is 3.82. The minimum Gasteiger partial charge on any atom is -0.497 e. The fourth-order valence-corrected chi connectivity index (χ4v) is 5.27. The smallest absolute Gasteiger partial charge is 0.119 e. The monoisotopic (exact) mass is 392 g/mol. The molecule has 3 nitrogen and oxygen atoms in total. The van der Waals surface area contributed by atoms with Gasteiger partial charge in [0, 0.05) is 24.5 Å². The molecule has 1 aliphatic carbocycles. The normalized spacial score (nSPS) is 25.6. The van der Waals surface area contributed by atoms with E-state index in [1.807, 2.05) is 0 Å². The van der Waals surface area contributed by atoms with E-state index in [1.54, 1.807) is 7.11 Å². The predicted molar refractivity (Wildman–Crippen MR) is 121 cm³/mol. The van der Waals surface area contributed by atoms with E-state index < -0.39 is 0 Å². The van der Waals surface area contributed by atoms with Crippen LogP contribution < -0.4 is 10.1 Å². The number of nitrogens with one attached hydrogen (secondary N) is 1. The number of nitrogens with zero attached hydrogens (tertiary/aromatic N) is 1. The maximum absolute atomic E-state index is 5.56. The number of hydrogen-bond acceptors (Lipinski definition) is 3. The molecule has 1 N–H and O–H groups in total. The number of rotatable bonds is 7. The van der Waals surface area contributed by atoms with Gasteiger partial charge in [0.25, 0.3) is 0 Å². The second kappa shape index (κ2) is 9.77. The SMILES string of the molecule is COc1cccc([C@]2(CN3CCCCC3)CC[C@@H](NCc3ccccc3)CC2)c1. The molecule has 0 radical (unpaired) electrons. The Labute approximate surface area is 176 Å². The Kier molecular flexibility index (Phi) is 6.89. The fourth-order valence-electron chi connectivity index (χ4n) is 5.27. The Morgan fingerprint density at radius 3 is 2.45 bits per heavy atom. The first kappa shape index (κ1) is 20.4. The lowest BCUT2D eigenvalue weighted by atomic mass is 9.67. The highest BCUT2D eigenvalue weighted by Gasteiger charge is 2.38. The third kappa shape index (κ3) is 5.21. The maximum atomic E-state index is 5.56. The molecule has 2 aliphatic rings. The van der Waals surface area contributed by atoms with E-state index >= 15 is 0 Å². The zero-order valence-corrected chi connectivity index (χ0v) is 17.9. The molecule has 1 saturated carbocycles. The second-order valence-corrected chi connectivity index (χ2v) is 8.99. The summed E-state index contributed by atoms with van der Waals surface area (Å²) in [6, 6.07) is 20.3. The molecule has 0 spiro atoms. The summed E-state index contributed by atoms with van der Waals surface area (Å²) >= 11 is 0. The van der Waals surface area contributed by atoms with Gasteiger partial charge in [-0.05, 0) is 74.9 Å². The van der Waals surface area contributed by atoms with Gasteiger partial charge in [0.2, 0.25) is 0 Å². The fraction of sp³-hybridized carbons (Fsp3) is 0.538. The minimum atomic E-state index is 0.261. The van der Waals surface area contributed by atoms with Crippen LogP contribution in [0.3, 0.4) is 0 Å². The molecule has 2 aromatic carbocycles. The van der Waals surface area contributed by atoms with E-state index in [1.165, 1.54) is 75.7 Å². The lowest BCUT2D eigenvalue weighted by Crippen LogP contribution is -2.47. The topological polar surface area (TPSA) is 24.5 Å². The molecule has 1 heterocycles. The van der Waals surface area contributed by atoms with Crippen LogP contribution in [0.4, 0.5) is 0 Å². The zero-order valence-electron chi connectivity index (χ0n) is 17.9. The van der Waals surface area contributed by atoms with Gasteiger partial charge in [0.05, 0.1) is 7.11 Å². The van der Waals surface area contributed by atoms with Gasteiger partial charge in [-0.15, -0.1) is 0 Å². The highest BCUT2D eigenvalue weighted by molar-refractivity contribution is 5.35. The molecule has 0 atom stereocenters. The predicted octanol–water partition coefficient (Wildman–Crippen LogP) is 5.15. The molecule has 1 saturated heterocycles. The van der Waals surface area contributed by atoms with Crippen LogP contribution in [0.5, 0.6) is 5.75 Å². The maximum Gasteiger partial charge on any atom is 0.119 e. The van der Waals surface area contributed by atoms with Gasteiger partial charge in [-0.2, -0.15) is 0 Å². The van der Waals surface area contributed by atoms with Crippen LogP contribution in [0.25, 0.3) is 0 Å². The second-order valence-electron chi connectivity index (χ2n) is 8.99. The van der Waals surface area contributed by atoms with E-state index in [9.17, 15) is 0 Å². The van der Waals surface area contributed by atoms with Crippen molar-refractivity contribution < 1.29 is 4.74 Å². The average Bonchev–Trinajstić information content (AvgIpc) is 2.80. The van der Waals surface area contributed by atoms with Crippen molar-refractivity contribution in [3.63, 3.8) is 0 Å². The standard InChI is InChI=1S/C26H36N2O/c1-29-25-12-8-11-23(19-25)26(21-28-17-6-3-7-18-28)15-13-24(14-16-26)27-20-22-9-4-2-5-10-22/h2,4-5,8-12,19,24,27H,3,6-7,13-18,20-21H2,1H3/t24-,26-. The number of piperidine rings is 1. The van der Waals surface area contributed by atoms with Crippen molar-refractivity contribution in [3.05, 3.63) is 65.7 Å². The van der Waals surface area contributed by atoms with E-state index in [4.69, 9.17) is 4.74 Å². The Bertz CT molecular complexity index is 746. The van der Waals surface area contributed by atoms with Crippen molar-refractivity contribution >= 4 is 0 Å². The lowest BCUT2D eigenvalue weighted by molar-refractivity contribution is 0.136. The summed E-state index contributed by atoms with van der Waals surface area (Å²) in [5.74, 6) is 0.991. The van der Waals surface area contributed by atoms with Gasteiger partial charge < -0.3 is 15.0 Å². The largest absolute Gasteiger partial charge is 0.497 e. The highest BCUT2D eigenvalue weighted by Crippen LogP contribution is 2.41. The summed E-state index contributed by atoms with van der Waals surface area (Å²) in [5.41, 5.74) is 3.12. The molecule has 2 fully saturated rings. The summed E-state index contributed by atoms with van der Waals surface area (Å²) in [6.07, 6.45) is 9.11. The van der Waals surface area contributed by atoms with Gasteiger partial charge in [-0.3, -0.25) is 0 Å². The molecule has 4 rings (SSSR count). The van der Waals surface area contributed by atoms with E-state index in [0.29, 0.717) is 6.04 Å². The van der Waals surface area contributed by atoms with Crippen molar-refractivity contribution in [2.75, 3.05) is 26.7 Å². The van der Waals surface area contributed by atoms with E-state index in [-0.39, 0.29) is 5.41 Å². The van der Waals surface area contributed by atoms with Gasteiger partial charge in [0.1, 0.15) is 5.75 Å². The van der Waals surface area contributed by atoms with E-state index in [0.717, 1.165) is 12.3 Å². The highest BCUT2D eigenvalue weighted by atomic mass is 16.5.